The third-order valence-corrected chi connectivity index (χ3v) is 16.5. The number of rotatable bonds is 16. The van der Waals surface area contributed by atoms with Crippen LogP contribution in [0.25, 0.3) is 0 Å². The van der Waals surface area contributed by atoms with Gasteiger partial charge in [-0.2, -0.15) is 0 Å². The van der Waals surface area contributed by atoms with Crippen LogP contribution in [0.4, 0.5) is 0 Å². The number of nitrogens with zero attached hydrogens (tertiary/aromatic N) is 2. The van der Waals surface area contributed by atoms with Gasteiger partial charge in [-0.15, -0.1) is 0 Å². The van der Waals surface area contributed by atoms with E-state index in [9.17, 15) is 132 Å². The summed E-state index contributed by atoms with van der Waals surface area (Å²) in [6.07, 6.45) is -74.7. The van der Waals surface area contributed by atoms with Crippen molar-refractivity contribution < 1.29 is 198 Å². The van der Waals surface area contributed by atoms with Crippen LogP contribution < -0.4 is 0 Å². The highest BCUT2D eigenvalue weighted by molar-refractivity contribution is 5.72. The van der Waals surface area contributed by atoms with Crippen molar-refractivity contribution in [1.29, 1.82) is 0 Å². The Hall–Kier alpha value is -3.03. The fourth-order valence-electron chi connectivity index (χ4n) is 11.9. The monoisotopic (exact) mass is 1340 g/mol. The fourth-order valence-corrected chi connectivity index (χ4v) is 11.9. The predicted molar refractivity (Wildman–Crippen MR) is 272 cm³/mol. The minimum atomic E-state index is -2.43. The summed E-state index contributed by atoms with van der Waals surface area (Å²) in [5, 5.41) is 253. The quantitative estimate of drug-likeness (QED) is 0.0638. The lowest BCUT2D eigenvalue weighted by Crippen LogP contribution is -2.68. The van der Waals surface area contributed by atoms with E-state index in [0.717, 1.165) is 9.80 Å². The van der Waals surface area contributed by atoms with E-state index in [-0.39, 0.29) is 0 Å². The molecule has 21 rings (SSSR count). The van der Waals surface area contributed by atoms with E-state index in [1.54, 1.807) is 0 Å². The summed E-state index contributed by atoms with van der Waals surface area (Å²) in [7, 11) is 0. The van der Waals surface area contributed by atoms with E-state index < -0.39 is 305 Å². The van der Waals surface area contributed by atoms with Gasteiger partial charge in [-0.1, -0.05) is 0 Å². The molecule has 42 heteroatoms. The van der Waals surface area contributed by atoms with Crippen molar-refractivity contribution in [3.05, 3.63) is 0 Å². The first-order valence-electron chi connectivity index (χ1n) is 28.5. The molecule has 23 N–H and O–H groups in total. The Bertz CT molecular complexity index is 2290. The number of aliphatic carboxylic acids is 3. The van der Waals surface area contributed by atoms with E-state index in [0.29, 0.717) is 0 Å². The van der Waals surface area contributed by atoms with E-state index in [4.69, 9.17) is 66.3 Å². The molecule has 0 aromatic rings. The maximum atomic E-state index is 12.3. The molecule has 0 spiro atoms. The lowest BCUT2D eigenvalue weighted by atomic mass is 9.95. The fraction of sp³-hybridized carbons (Fsp3) is 0.939. The molecule has 0 saturated carbocycles. The summed E-state index contributed by atoms with van der Waals surface area (Å²) >= 11 is 0. The zero-order valence-electron chi connectivity index (χ0n) is 47.6. The van der Waals surface area contributed by atoms with Crippen LogP contribution in [0.2, 0.25) is 0 Å². The van der Waals surface area contributed by atoms with E-state index in [1.807, 2.05) is 0 Å². The molecule has 35 atom stereocenters. The van der Waals surface area contributed by atoms with Gasteiger partial charge in [0, 0.05) is 6.54 Å². The number of hydrogen-bond donors (Lipinski definition) is 23. The molecule has 14 bridgehead atoms. The van der Waals surface area contributed by atoms with E-state index in [1.165, 1.54) is 0 Å². The summed E-state index contributed by atoms with van der Waals surface area (Å²) in [4.78, 5) is 37.5. The van der Waals surface area contributed by atoms with Crippen LogP contribution in [-0.4, -0.2) is 433 Å². The Morgan fingerprint density at radius 1 is 0.242 bits per heavy atom. The van der Waals surface area contributed by atoms with Crippen molar-refractivity contribution in [2.24, 2.45) is 0 Å². The lowest BCUT2D eigenvalue weighted by Gasteiger charge is -2.50. The highest BCUT2D eigenvalue weighted by Crippen LogP contribution is 2.39. The van der Waals surface area contributed by atoms with Crippen LogP contribution in [0.3, 0.4) is 0 Å². The molecular weight excluding hydrogens is 1260 g/mol. The summed E-state index contributed by atoms with van der Waals surface area (Å²) < 4.78 is 80.6. The highest BCUT2D eigenvalue weighted by atomic mass is 16.8. The van der Waals surface area contributed by atoms with Crippen molar-refractivity contribution in [2.75, 3.05) is 72.5 Å². The van der Waals surface area contributed by atoms with Crippen LogP contribution in [0.15, 0.2) is 0 Å². The minimum Gasteiger partial charge on any atom is -0.480 e. The van der Waals surface area contributed by atoms with Crippen LogP contribution in [-0.2, 0) is 80.7 Å². The molecule has 21 aliphatic heterocycles. The molecule has 42 nitrogen and oxygen atoms in total. The second-order valence-corrected chi connectivity index (χ2v) is 22.8. The molecule has 0 amide bonds. The van der Waals surface area contributed by atoms with Gasteiger partial charge >= 0.3 is 17.9 Å². The van der Waals surface area contributed by atoms with Gasteiger partial charge in [0.1, 0.15) is 171 Å². The molecule has 21 aliphatic rings. The molecule has 21 heterocycles. The molecular formula is C49H80N2O40. The second kappa shape index (κ2) is 31.9. The number of aliphatic hydroxyl groups excluding tert-OH is 20. The van der Waals surface area contributed by atoms with E-state index >= 15 is 0 Å². The topological polar surface area (TPSA) is 652 Å². The number of hydrogen-bond acceptors (Lipinski definition) is 39. The van der Waals surface area contributed by atoms with Crippen LogP contribution in [0.1, 0.15) is 0 Å². The van der Waals surface area contributed by atoms with Crippen molar-refractivity contribution in [3.63, 3.8) is 0 Å². The van der Waals surface area contributed by atoms with Gasteiger partial charge < -0.3 is 184 Å². The Labute approximate surface area is 512 Å². The van der Waals surface area contributed by atoms with Gasteiger partial charge in [0.25, 0.3) is 0 Å². The standard InChI is InChI=1S/C49H80N2O40/c52-5-13-37-24(66)31(73)45(80-13)88-39-15(7-54)82-47(33(75)26(39)68)90-41-17(9-56)84-49(35(77)28(41)70)91-42-18(10-57)83-48(34(76)27(42)69)89-40-16(8-55)81-46(32(74)25(40)67)87-38-14(6-53)79-44(30(72)23(38)65)85-36-12(78-43(86-37)29(71)22(36)64)1-50(2-19(58)59)11-51(3-20(60)61)4-21(62)63/h12-18,22-49,52-57,64-77H,1-11H2,(H,58,59)(H,60,61)(H,62,63)/t12-,13-,14-,15-,16-,17-,18-,22-,23-,24-,25-,26-,27-,28-,29-,30-,31-,32-,33-,34-,35-,36-,37-,38-,39-,40-,41-,42-,43-,44-,45-,46-,47-,48-,49-/m1/s1. The molecule has 0 unspecified atom stereocenters. The number of carbonyl (C=O) groups is 3. The predicted octanol–water partition coefficient (Wildman–Crippen LogP) is -16.4. The third-order valence-electron chi connectivity index (χ3n) is 16.5. The molecule has 526 valence electrons. The summed E-state index contributed by atoms with van der Waals surface area (Å²) in [6.45, 7) is -11.6. The van der Waals surface area contributed by atoms with Crippen molar-refractivity contribution in [2.45, 2.75) is 215 Å². The Morgan fingerprint density at radius 2 is 0.407 bits per heavy atom. The minimum absolute atomic E-state index is 0.739. The molecule has 0 radical (unpaired) electrons. The molecule has 21 saturated heterocycles. The highest BCUT2D eigenvalue weighted by Gasteiger charge is 2.60. The Balaban J connectivity index is 1.13. The molecule has 21 fully saturated rings. The maximum Gasteiger partial charge on any atom is 0.317 e. The lowest BCUT2D eigenvalue weighted by molar-refractivity contribution is -0.396. The summed E-state index contributed by atoms with van der Waals surface area (Å²) in [5.74, 6) is -4.78. The third kappa shape index (κ3) is 16.2. The Morgan fingerprint density at radius 3 is 0.582 bits per heavy atom. The number of ether oxygens (including phenoxy) is 14. The van der Waals surface area contributed by atoms with Crippen molar-refractivity contribution in [3.8, 4) is 0 Å². The number of aliphatic hydroxyl groups is 20. The van der Waals surface area contributed by atoms with Gasteiger partial charge in [0.05, 0.1) is 65.9 Å². The average Bonchev–Trinajstić information content (AvgIpc) is 0.809. The van der Waals surface area contributed by atoms with Crippen molar-refractivity contribution in [1.82, 2.24) is 9.80 Å². The van der Waals surface area contributed by atoms with Gasteiger partial charge in [-0.05, 0) is 0 Å². The number of carboxylic acids is 3. The van der Waals surface area contributed by atoms with Gasteiger partial charge in [-0.3, -0.25) is 24.2 Å². The van der Waals surface area contributed by atoms with E-state index in [2.05, 4.69) is 0 Å². The first-order chi connectivity index (χ1) is 43.1. The van der Waals surface area contributed by atoms with Crippen LogP contribution in [0, 0.1) is 0 Å². The summed E-state index contributed by atoms with van der Waals surface area (Å²) in [5.41, 5.74) is 0. The molecule has 91 heavy (non-hydrogen) atoms. The zero-order chi connectivity index (χ0) is 66.8. The largest absolute Gasteiger partial charge is 0.480 e. The first kappa shape index (κ1) is 73.8. The average molecular weight is 1340 g/mol. The Kier molecular flexibility index (Phi) is 25.9. The zero-order valence-corrected chi connectivity index (χ0v) is 47.6. The second-order valence-electron chi connectivity index (χ2n) is 22.8. The maximum absolute atomic E-state index is 12.3. The molecule has 0 aromatic heterocycles. The van der Waals surface area contributed by atoms with Crippen LogP contribution in [0.5, 0.6) is 0 Å². The number of carboxylic acid groups (broad SMARTS) is 3. The molecule has 0 aliphatic carbocycles. The van der Waals surface area contributed by atoms with Crippen LogP contribution >= 0.6 is 0 Å². The normalized spacial score (nSPS) is 48.7. The van der Waals surface area contributed by atoms with Gasteiger partial charge in [-0.25, -0.2) is 0 Å². The first-order valence-corrected chi connectivity index (χ1v) is 28.5. The molecule has 0 aromatic carbocycles. The SMILES string of the molecule is O=C(O)CN(CC(=O)O)CN(CC(=O)O)C[C@H]1O[C@@H]2O[C@H]3[C@H](O)[C@@H](O)[C@@H](O[C@H]4[C@H](O)[C@@H](O)[C@@H](O[C@H]5[C@H](O)[C@@H](O)[C@@H](O[C@H]6[C@H](O)[C@@H](O)[C@@H](O[C@H]7[C@H](O)[C@@H](O)[C@@H](O[C@H]8[C@H](O)[C@@H](O)[C@@H](O[C@H]1[C@H](O)[C@H]2O)O[C@@H]8CO)O[C@@H]7CO)O[C@@H]6CO)O[C@@H]5CO)O[C@@H]4CO)O[C@@H]3CO. The summed E-state index contributed by atoms with van der Waals surface area (Å²) in [6, 6.07) is 0. The van der Waals surface area contributed by atoms with Gasteiger partial charge in [0.15, 0.2) is 44.0 Å². The smallest absolute Gasteiger partial charge is 0.317 e. The van der Waals surface area contributed by atoms with Crippen molar-refractivity contribution >= 4 is 17.9 Å². The van der Waals surface area contributed by atoms with Gasteiger partial charge in [0.2, 0.25) is 0 Å².